The molecule has 60 heavy (non-hydrogen) atoms. The van der Waals surface area contributed by atoms with Gasteiger partial charge in [-0.2, -0.15) is 0 Å². The first-order valence-electron chi connectivity index (χ1n) is 19.6. The summed E-state index contributed by atoms with van der Waals surface area (Å²) < 4.78 is 0. The second-order valence-electron chi connectivity index (χ2n) is 14.0. The number of hydrogen-bond acceptors (Lipinski definition) is 7. The van der Waals surface area contributed by atoms with Crippen LogP contribution in [-0.4, -0.2) is 36.1 Å². The van der Waals surface area contributed by atoms with Crippen molar-refractivity contribution in [2.24, 2.45) is 0 Å². The molecule has 0 unspecified atom stereocenters. The lowest BCUT2D eigenvalue weighted by molar-refractivity contribution is 1.07. The second kappa shape index (κ2) is 17.1. The molecule has 284 valence electrons. The average molecular weight is 772 g/mol. The first-order valence-corrected chi connectivity index (χ1v) is 19.6. The van der Waals surface area contributed by atoms with E-state index in [1.165, 1.54) is 6.21 Å². The number of nitrogens with one attached hydrogen (secondary N) is 1. The molecule has 0 amide bonds. The standard InChI is InChI=1S/C53H37N7/c1-2-36(32-33-54)41-30-31-44(42-26-17-27-43(34-42)52-57-48(37-18-7-3-8-19-37)55-49(58-52)38-20-9-4-10-21-38)47(35-41)45-28-15-16-29-46(45)53-59-50(39-22-11-5-12-23-39)56-51(60-53)40-24-13-6-14-25-40/h2-35,54H,1H2/b36-32+,54-33?. The Balaban J connectivity index is 1.24. The number of allylic oxidation sites excluding steroid dienone is 3. The van der Waals surface area contributed by atoms with Crippen LogP contribution in [0.5, 0.6) is 0 Å². The summed E-state index contributed by atoms with van der Waals surface area (Å²) >= 11 is 0. The summed E-state index contributed by atoms with van der Waals surface area (Å²) in [5.41, 5.74) is 10.9. The van der Waals surface area contributed by atoms with Gasteiger partial charge in [0.2, 0.25) is 0 Å². The van der Waals surface area contributed by atoms with Gasteiger partial charge in [-0.15, -0.1) is 0 Å². The summed E-state index contributed by atoms with van der Waals surface area (Å²) in [5, 5.41) is 7.87. The first-order chi connectivity index (χ1) is 29.6. The van der Waals surface area contributed by atoms with Crippen molar-refractivity contribution in [1.29, 1.82) is 5.41 Å². The van der Waals surface area contributed by atoms with Crippen LogP contribution in [0.4, 0.5) is 0 Å². The van der Waals surface area contributed by atoms with Crippen molar-refractivity contribution in [1.82, 2.24) is 29.9 Å². The van der Waals surface area contributed by atoms with Gasteiger partial charge in [0, 0.05) is 39.6 Å². The maximum atomic E-state index is 7.87. The molecule has 9 aromatic rings. The van der Waals surface area contributed by atoms with Crippen LogP contribution in [0.1, 0.15) is 5.56 Å². The van der Waals surface area contributed by atoms with Crippen LogP contribution in [-0.2, 0) is 0 Å². The fourth-order valence-corrected chi connectivity index (χ4v) is 7.18. The summed E-state index contributed by atoms with van der Waals surface area (Å²) in [6.45, 7) is 4.07. The Hall–Kier alpha value is -8.29. The van der Waals surface area contributed by atoms with E-state index in [0.29, 0.717) is 34.9 Å². The van der Waals surface area contributed by atoms with Gasteiger partial charge in [-0.1, -0.05) is 189 Å². The molecule has 0 aliphatic heterocycles. The van der Waals surface area contributed by atoms with Crippen LogP contribution >= 0.6 is 0 Å². The zero-order valence-electron chi connectivity index (χ0n) is 32.5. The first kappa shape index (κ1) is 37.3. The van der Waals surface area contributed by atoms with Crippen molar-refractivity contribution in [3.05, 3.63) is 212 Å². The van der Waals surface area contributed by atoms with Crippen molar-refractivity contribution < 1.29 is 0 Å². The van der Waals surface area contributed by atoms with Crippen LogP contribution in [0.2, 0.25) is 0 Å². The van der Waals surface area contributed by atoms with Crippen LogP contribution in [0, 0.1) is 5.41 Å². The molecule has 0 saturated heterocycles. The maximum Gasteiger partial charge on any atom is 0.164 e. The normalized spacial score (nSPS) is 11.2. The minimum Gasteiger partial charge on any atom is -0.309 e. The highest BCUT2D eigenvalue weighted by atomic mass is 15.0. The Morgan fingerprint density at radius 3 is 1.22 bits per heavy atom. The molecule has 0 aliphatic carbocycles. The van der Waals surface area contributed by atoms with Crippen LogP contribution in [0.3, 0.4) is 0 Å². The Bertz CT molecular complexity index is 2890. The predicted octanol–water partition coefficient (Wildman–Crippen LogP) is 12.6. The van der Waals surface area contributed by atoms with Gasteiger partial charge in [-0.3, -0.25) is 0 Å². The van der Waals surface area contributed by atoms with Gasteiger partial charge >= 0.3 is 0 Å². The number of aromatic nitrogens is 6. The van der Waals surface area contributed by atoms with Gasteiger partial charge in [-0.05, 0) is 51.6 Å². The number of nitrogens with zero attached hydrogens (tertiary/aromatic N) is 6. The van der Waals surface area contributed by atoms with Gasteiger partial charge in [0.25, 0.3) is 0 Å². The van der Waals surface area contributed by atoms with E-state index in [9.17, 15) is 0 Å². The van der Waals surface area contributed by atoms with Crippen LogP contribution in [0.25, 0.3) is 96.2 Å². The summed E-state index contributed by atoms with van der Waals surface area (Å²) in [4.78, 5) is 30.1. The second-order valence-corrected chi connectivity index (χ2v) is 14.0. The van der Waals surface area contributed by atoms with E-state index < -0.39 is 0 Å². The van der Waals surface area contributed by atoms with Crippen molar-refractivity contribution in [2.75, 3.05) is 0 Å². The maximum absolute atomic E-state index is 7.87. The van der Waals surface area contributed by atoms with E-state index in [-0.39, 0.29) is 0 Å². The topological polar surface area (TPSA) is 101 Å². The number of benzene rings is 7. The third-order valence-electron chi connectivity index (χ3n) is 10.1. The average Bonchev–Trinajstić information content (AvgIpc) is 3.34. The summed E-state index contributed by atoms with van der Waals surface area (Å²) in [6, 6.07) is 62.8. The molecule has 7 heteroatoms. The highest BCUT2D eigenvalue weighted by Gasteiger charge is 2.20. The Kier molecular flexibility index (Phi) is 10.6. The number of hydrogen-bond donors (Lipinski definition) is 1. The Morgan fingerprint density at radius 2 is 0.750 bits per heavy atom. The highest BCUT2D eigenvalue weighted by molar-refractivity contribution is 5.95. The fourth-order valence-electron chi connectivity index (χ4n) is 7.18. The molecule has 1 N–H and O–H groups in total. The van der Waals surface area contributed by atoms with Gasteiger partial charge in [-0.25, -0.2) is 29.9 Å². The van der Waals surface area contributed by atoms with Crippen molar-refractivity contribution in [3.8, 4) is 90.6 Å². The quantitative estimate of drug-likeness (QED) is 0.104. The van der Waals surface area contributed by atoms with E-state index in [1.807, 2.05) is 146 Å². The Morgan fingerprint density at radius 1 is 0.350 bits per heavy atom. The molecular formula is C53H37N7. The third kappa shape index (κ3) is 7.83. The van der Waals surface area contributed by atoms with Crippen LogP contribution < -0.4 is 0 Å². The van der Waals surface area contributed by atoms with Gasteiger partial charge in [0.1, 0.15) is 0 Å². The lowest BCUT2D eigenvalue weighted by Crippen LogP contribution is -2.01. The van der Waals surface area contributed by atoms with E-state index in [0.717, 1.165) is 66.8 Å². The largest absolute Gasteiger partial charge is 0.309 e. The molecular weight excluding hydrogens is 735 g/mol. The molecule has 0 atom stereocenters. The van der Waals surface area contributed by atoms with Gasteiger partial charge < -0.3 is 5.41 Å². The molecule has 0 fully saturated rings. The Labute approximate surface area is 348 Å². The van der Waals surface area contributed by atoms with Crippen molar-refractivity contribution in [3.63, 3.8) is 0 Å². The zero-order chi connectivity index (χ0) is 40.7. The lowest BCUT2D eigenvalue weighted by atomic mass is 9.88. The smallest absolute Gasteiger partial charge is 0.164 e. The van der Waals surface area contributed by atoms with Crippen molar-refractivity contribution in [2.45, 2.75) is 0 Å². The summed E-state index contributed by atoms with van der Waals surface area (Å²) in [7, 11) is 0. The zero-order valence-corrected chi connectivity index (χ0v) is 32.5. The molecule has 7 aromatic carbocycles. The highest BCUT2D eigenvalue weighted by Crippen LogP contribution is 2.40. The van der Waals surface area contributed by atoms with E-state index in [4.69, 9.17) is 35.3 Å². The SMILES string of the molecule is C=C/C(=C\C=N)c1ccc(-c2cccc(-c3nc(-c4ccccc4)nc(-c4ccccc4)n3)c2)c(-c2ccccc2-c2nc(-c3ccccc3)nc(-c3ccccc3)n2)c1. The molecule has 0 radical (unpaired) electrons. The van der Waals surface area contributed by atoms with Gasteiger partial charge in [0.15, 0.2) is 34.9 Å². The summed E-state index contributed by atoms with van der Waals surface area (Å²) in [5.74, 6) is 3.48. The lowest BCUT2D eigenvalue weighted by Gasteiger charge is -2.17. The van der Waals surface area contributed by atoms with Crippen LogP contribution in [0.15, 0.2) is 207 Å². The molecule has 9 rings (SSSR count). The minimum absolute atomic E-state index is 0.550. The third-order valence-corrected chi connectivity index (χ3v) is 10.1. The molecule has 2 aromatic heterocycles. The molecule has 0 bridgehead atoms. The summed E-state index contributed by atoms with van der Waals surface area (Å²) in [6.07, 6.45) is 4.80. The molecule has 0 saturated carbocycles. The van der Waals surface area contributed by atoms with E-state index >= 15 is 0 Å². The minimum atomic E-state index is 0.550. The van der Waals surface area contributed by atoms with Crippen molar-refractivity contribution >= 4 is 11.8 Å². The monoisotopic (exact) mass is 771 g/mol. The fraction of sp³-hybridized carbons (Fsp3) is 0. The van der Waals surface area contributed by atoms with E-state index in [2.05, 4.69) is 49.0 Å². The number of rotatable bonds is 11. The predicted molar refractivity (Wildman–Crippen MR) is 244 cm³/mol. The molecule has 2 heterocycles. The molecule has 0 aliphatic rings. The van der Waals surface area contributed by atoms with Gasteiger partial charge in [0.05, 0.1) is 0 Å². The molecule has 0 spiro atoms. The molecule has 7 nitrogen and oxygen atoms in total. The van der Waals surface area contributed by atoms with E-state index in [1.54, 1.807) is 12.2 Å².